The SMILES string of the molecule is CC1(C)C(C(=O)O)C1C(=O)NCC1CCCCC1. The van der Waals surface area contributed by atoms with Crippen LogP contribution in [0.3, 0.4) is 0 Å². The van der Waals surface area contributed by atoms with E-state index in [1.54, 1.807) is 0 Å². The molecule has 2 fully saturated rings. The molecule has 0 aromatic rings. The van der Waals surface area contributed by atoms with Gasteiger partial charge in [0, 0.05) is 6.54 Å². The molecule has 0 aromatic heterocycles. The number of hydrogen-bond acceptors (Lipinski definition) is 2. The third-order valence-electron chi connectivity index (χ3n) is 4.67. The molecule has 2 unspecified atom stereocenters. The number of carbonyl (C=O) groups excluding carboxylic acids is 1. The zero-order valence-electron chi connectivity index (χ0n) is 11.2. The molecule has 4 nitrogen and oxygen atoms in total. The molecule has 0 radical (unpaired) electrons. The summed E-state index contributed by atoms with van der Waals surface area (Å²) in [7, 11) is 0. The maximum Gasteiger partial charge on any atom is 0.307 e. The maximum absolute atomic E-state index is 12.0. The van der Waals surface area contributed by atoms with E-state index < -0.39 is 11.9 Å². The van der Waals surface area contributed by atoms with Crippen LogP contribution in [0.25, 0.3) is 0 Å². The number of carbonyl (C=O) groups is 2. The first-order valence-corrected chi connectivity index (χ1v) is 6.95. The first kappa shape index (κ1) is 13.4. The van der Waals surface area contributed by atoms with Crippen LogP contribution in [-0.4, -0.2) is 23.5 Å². The summed E-state index contributed by atoms with van der Waals surface area (Å²) >= 11 is 0. The van der Waals surface area contributed by atoms with Crippen LogP contribution in [0.1, 0.15) is 46.0 Å². The van der Waals surface area contributed by atoms with E-state index in [2.05, 4.69) is 5.32 Å². The average molecular weight is 253 g/mol. The van der Waals surface area contributed by atoms with Gasteiger partial charge in [-0.3, -0.25) is 9.59 Å². The molecule has 2 atom stereocenters. The number of rotatable bonds is 4. The lowest BCUT2D eigenvalue weighted by molar-refractivity contribution is -0.140. The van der Waals surface area contributed by atoms with Crippen molar-refractivity contribution in [2.45, 2.75) is 46.0 Å². The Kier molecular flexibility index (Phi) is 3.64. The Bertz CT molecular complexity index is 345. The fourth-order valence-corrected chi connectivity index (χ4v) is 3.33. The monoisotopic (exact) mass is 253 g/mol. The summed E-state index contributed by atoms with van der Waals surface area (Å²) in [5, 5.41) is 12.0. The molecule has 4 heteroatoms. The van der Waals surface area contributed by atoms with Crippen LogP contribution >= 0.6 is 0 Å². The van der Waals surface area contributed by atoms with E-state index in [9.17, 15) is 9.59 Å². The topological polar surface area (TPSA) is 66.4 Å². The van der Waals surface area contributed by atoms with Gasteiger partial charge in [-0.1, -0.05) is 33.1 Å². The Morgan fingerprint density at radius 2 is 1.78 bits per heavy atom. The minimum absolute atomic E-state index is 0.0713. The minimum atomic E-state index is -0.849. The normalized spacial score (nSPS) is 30.8. The Labute approximate surface area is 108 Å². The summed E-state index contributed by atoms with van der Waals surface area (Å²) in [6, 6.07) is 0. The Morgan fingerprint density at radius 3 is 2.28 bits per heavy atom. The second kappa shape index (κ2) is 4.90. The molecular formula is C14H23NO3. The van der Waals surface area contributed by atoms with Gasteiger partial charge in [0.15, 0.2) is 0 Å². The molecule has 0 bridgehead atoms. The Balaban J connectivity index is 1.80. The second-order valence-electron chi connectivity index (χ2n) is 6.36. The average Bonchev–Trinajstić information content (AvgIpc) is 2.91. The van der Waals surface area contributed by atoms with E-state index in [0.29, 0.717) is 5.92 Å². The van der Waals surface area contributed by atoms with Crippen LogP contribution in [0.4, 0.5) is 0 Å². The Hall–Kier alpha value is -1.06. The van der Waals surface area contributed by atoms with Crippen LogP contribution < -0.4 is 5.32 Å². The number of carboxylic acid groups (broad SMARTS) is 1. The van der Waals surface area contributed by atoms with Gasteiger partial charge < -0.3 is 10.4 Å². The van der Waals surface area contributed by atoms with E-state index >= 15 is 0 Å². The summed E-state index contributed by atoms with van der Waals surface area (Å²) < 4.78 is 0. The zero-order valence-corrected chi connectivity index (χ0v) is 11.2. The molecule has 0 heterocycles. The number of carboxylic acids is 1. The quantitative estimate of drug-likeness (QED) is 0.805. The van der Waals surface area contributed by atoms with Crippen molar-refractivity contribution < 1.29 is 14.7 Å². The molecule has 0 spiro atoms. The van der Waals surface area contributed by atoms with E-state index in [-0.39, 0.29) is 17.2 Å². The van der Waals surface area contributed by atoms with Crippen molar-refractivity contribution in [3.8, 4) is 0 Å². The smallest absolute Gasteiger partial charge is 0.307 e. The fraction of sp³-hybridized carbons (Fsp3) is 0.857. The summed E-state index contributed by atoms with van der Waals surface area (Å²) in [6.45, 7) is 4.44. The molecule has 2 saturated carbocycles. The van der Waals surface area contributed by atoms with Crippen molar-refractivity contribution in [3.05, 3.63) is 0 Å². The lowest BCUT2D eigenvalue weighted by Crippen LogP contribution is -2.32. The van der Waals surface area contributed by atoms with Crippen LogP contribution in [-0.2, 0) is 9.59 Å². The van der Waals surface area contributed by atoms with Gasteiger partial charge in [0.2, 0.25) is 5.91 Å². The molecule has 1 amide bonds. The lowest BCUT2D eigenvalue weighted by Gasteiger charge is -2.21. The number of nitrogens with one attached hydrogen (secondary N) is 1. The molecule has 2 N–H and O–H groups in total. The third-order valence-corrected chi connectivity index (χ3v) is 4.67. The molecular weight excluding hydrogens is 230 g/mol. The molecule has 2 rings (SSSR count). The number of amides is 1. The van der Waals surface area contributed by atoms with Crippen molar-refractivity contribution in [2.24, 2.45) is 23.2 Å². The van der Waals surface area contributed by atoms with Gasteiger partial charge in [-0.2, -0.15) is 0 Å². The highest BCUT2D eigenvalue weighted by Crippen LogP contribution is 2.58. The van der Waals surface area contributed by atoms with Crippen LogP contribution in [0.15, 0.2) is 0 Å². The van der Waals surface area contributed by atoms with E-state index in [0.717, 1.165) is 6.54 Å². The molecule has 18 heavy (non-hydrogen) atoms. The molecule has 0 aromatic carbocycles. The first-order valence-electron chi connectivity index (χ1n) is 6.95. The second-order valence-corrected chi connectivity index (χ2v) is 6.36. The highest BCUT2D eigenvalue weighted by atomic mass is 16.4. The van der Waals surface area contributed by atoms with Crippen molar-refractivity contribution in [3.63, 3.8) is 0 Å². The number of aliphatic carboxylic acids is 1. The van der Waals surface area contributed by atoms with Crippen LogP contribution in [0.2, 0.25) is 0 Å². The molecule has 0 aliphatic heterocycles. The Morgan fingerprint density at radius 1 is 1.17 bits per heavy atom. The molecule has 2 aliphatic carbocycles. The predicted molar refractivity (Wildman–Crippen MR) is 68.0 cm³/mol. The standard InChI is InChI=1S/C14H23NO3/c1-14(2)10(11(14)13(17)18)12(16)15-8-9-6-4-3-5-7-9/h9-11H,3-8H2,1-2H3,(H,15,16)(H,17,18). The molecule has 2 aliphatic rings. The summed E-state index contributed by atoms with van der Waals surface area (Å²) in [5.74, 6) is -1.19. The van der Waals surface area contributed by atoms with Crippen molar-refractivity contribution in [1.29, 1.82) is 0 Å². The highest BCUT2D eigenvalue weighted by molar-refractivity contribution is 5.91. The van der Waals surface area contributed by atoms with Crippen molar-refractivity contribution in [1.82, 2.24) is 5.32 Å². The van der Waals surface area contributed by atoms with Gasteiger partial charge in [-0.25, -0.2) is 0 Å². The predicted octanol–water partition coefficient (Wildman–Crippen LogP) is 2.04. The zero-order chi connectivity index (χ0) is 13.3. The van der Waals surface area contributed by atoms with Gasteiger partial charge in [-0.15, -0.1) is 0 Å². The van der Waals surface area contributed by atoms with Gasteiger partial charge >= 0.3 is 5.97 Å². The van der Waals surface area contributed by atoms with Gasteiger partial charge in [0.05, 0.1) is 11.8 Å². The summed E-state index contributed by atoms with van der Waals surface area (Å²) in [5.41, 5.74) is -0.386. The van der Waals surface area contributed by atoms with Gasteiger partial charge in [0.25, 0.3) is 0 Å². The molecule has 0 saturated heterocycles. The van der Waals surface area contributed by atoms with Crippen LogP contribution in [0, 0.1) is 23.2 Å². The van der Waals surface area contributed by atoms with E-state index in [1.807, 2.05) is 13.8 Å². The summed E-state index contributed by atoms with van der Waals surface area (Å²) in [4.78, 5) is 23.0. The van der Waals surface area contributed by atoms with Gasteiger partial charge in [-0.05, 0) is 24.2 Å². The van der Waals surface area contributed by atoms with Crippen molar-refractivity contribution in [2.75, 3.05) is 6.54 Å². The van der Waals surface area contributed by atoms with Crippen LogP contribution in [0.5, 0.6) is 0 Å². The third kappa shape index (κ3) is 2.52. The largest absolute Gasteiger partial charge is 0.481 e. The molecule has 102 valence electrons. The fourth-order valence-electron chi connectivity index (χ4n) is 3.33. The van der Waals surface area contributed by atoms with E-state index in [4.69, 9.17) is 5.11 Å². The van der Waals surface area contributed by atoms with Crippen molar-refractivity contribution >= 4 is 11.9 Å². The summed E-state index contributed by atoms with van der Waals surface area (Å²) in [6.07, 6.45) is 6.20. The highest BCUT2D eigenvalue weighted by Gasteiger charge is 2.65. The van der Waals surface area contributed by atoms with E-state index in [1.165, 1.54) is 32.1 Å². The first-order chi connectivity index (χ1) is 8.44. The van der Waals surface area contributed by atoms with Gasteiger partial charge in [0.1, 0.15) is 0 Å². The number of hydrogen-bond donors (Lipinski definition) is 2. The maximum atomic E-state index is 12.0. The lowest BCUT2D eigenvalue weighted by atomic mass is 9.89. The minimum Gasteiger partial charge on any atom is -0.481 e.